The van der Waals surface area contributed by atoms with Crippen LogP contribution < -0.4 is 5.32 Å². The highest BCUT2D eigenvalue weighted by Crippen LogP contribution is 2.33. The molecule has 194 valence electrons. The number of rotatable bonds is 4. The summed E-state index contributed by atoms with van der Waals surface area (Å²) in [6.45, 7) is 0.807. The average molecular weight is 527 g/mol. The number of benzene rings is 4. The predicted octanol–water partition coefficient (Wildman–Crippen LogP) is 8.65. The highest BCUT2D eigenvalue weighted by Gasteiger charge is 2.19. The first kappa shape index (κ1) is 23.4. The molecule has 0 spiro atoms. The van der Waals surface area contributed by atoms with Crippen molar-refractivity contribution in [3.8, 4) is 39.6 Å². The summed E-state index contributed by atoms with van der Waals surface area (Å²) < 4.78 is 2.25. The Labute approximate surface area is 238 Å². The van der Waals surface area contributed by atoms with E-state index >= 15 is 0 Å². The monoisotopic (exact) mass is 526 g/mol. The fourth-order valence-electron chi connectivity index (χ4n) is 5.96. The van der Waals surface area contributed by atoms with Crippen molar-refractivity contribution < 1.29 is 0 Å². The molecule has 0 fully saturated rings. The molecule has 4 heterocycles. The minimum atomic E-state index is 0.807. The Morgan fingerprint density at radius 2 is 1.24 bits per heavy atom. The van der Waals surface area contributed by atoms with E-state index in [-0.39, 0.29) is 0 Å². The van der Waals surface area contributed by atoms with Crippen LogP contribution in [0.3, 0.4) is 0 Å². The zero-order valence-corrected chi connectivity index (χ0v) is 22.3. The molecule has 0 saturated heterocycles. The first-order valence-electron chi connectivity index (χ1n) is 13.9. The smallest absolute Gasteiger partial charge is 0.138 e. The molecule has 7 aromatic rings. The van der Waals surface area contributed by atoms with Crippen molar-refractivity contribution in [2.24, 2.45) is 0 Å². The van der Waals surface area contributed by atoms with Crippen LogP contribution in [0.25, 0.3) is 67.3 Å². The molecule has 8 rings (SSSR count). The third-order valence-electron chi connectivity index (χ3n) is 7.91. The van der Waals surface area contributed by atoms with E-state index in [2.05, 4.69) is 131 Å². The van der Waals surface area contributed by atoms with Gasteiger partial charge in [0.2, 0.25) is 0 Å². The Hall–Kier alpha value is -5.48. The van der Waals surface area contributed by atoms with Crippen LogP contribution in [-0.2, 0) is 6.54 Å². The first-order chi connectivity index (χ1) is 20.3. The maximum Gasteiger partial charge on any atom is 0.138 e. The fourth-order valence-corrected chi connectivity index (χ4v) is 5.96. The van der Waals surface area contributed by atoms with Crippen molar-refractivity contribution in [3.63, 3.8) is 0 Å². The topological polar surface area (TPSA) is 42.7 Å². The minimum Gasteiger partial charge on any atom is -0.387 e. The normalized spacial score (nSPS) is 12.4. The lowest BCUT2D eigenvalue weighted by molar-refractivity contribution is 0.852. The van der Waals surface area contributed by atoms with Gasteiger partial charge in [0.1, 0.15) is 5.82 Å². The second-order valence-corrected chi connectivity index (χ2v) is 10.3. The van der Waals surface area contributed by atoms with E-state index in [1.165, 1.54) is 38.5 Å². The van der Waals surface area contributed by atoms with Crippen molar-refractivity contribution in [3.05, 3.63) is 145 Å². The van der Waals surface area contributed by atoms with E-state index in [9.17, 15) is 0 Å². The van der Waals surface area contributed by atoms with Gasteiger partial charge in [-0.2, -0.15) is 0 Å². The molecule has 0 bridgehead atoms. The van der Waals surface area contributed by atoms with Crippen molar-refractivity contribution in [2.45, 2.75) is 6.54 Å². The lowest BCUT2D eigenvalue weighted by Crippen LogP contribution is -2.11. The number of para-hydroxylation sites is 1. The molecule has 0 atom stereocenters. The Kier molecular flexibility index (Phi) is 5.49. The molecule has 1 N–H and O–H groups in total. The third-order valence-corrected chi connectivity index (χ3v) is 7.91. The quantitative estimate of drug-likeness (QED) is 0.250. The Morgan fingerprint density at radius 1 is 0.561 bits per heavy atom. The number of pyridine rings is 2. The molecule has 0 amide bonds. The van der Waals surface area contributed by atoms with Crippen LogP contribution in [0.5, 0.6) is 0 Å². The number of hydrogen-bond donors (Lipinski definition) is 1. The van der Waals surface area contributed by atoms with Crippen LogP contribution in [0.1, 0.15) is 11.3 Å². The summed E-state index contributed by atoms with van der Waals surface area (Å²) in [5.41, 5.74) is 9.76. The summed E-state index contributed by atoms with van der Waals surface area (Å²) >= 11 is 0. The summed E-state index contributed by atoms with van der Waals surface area (Å²) in [6.07, 6.45) is 4.14. The SMILES string of the molecule is C1=Cc2c(c3ccccc3n2-c2cccc(-c3cccc(-c4ccc(-c5cccc6ccccc56)cc4)n3)n2)CN1. The highest BCUT2D eigenvalue weighted by molar-refractivity contribution is 5.97. The lowest BCUT2D eigenvalue weighted by Gasteiger charge is -2.13. The molecular weight excluding hydrogens is 500 g/mol. The summed E-state index contributed by atoms with van der Waals surface area (Å²) in [5.74, 6) is 0.887. The summed E-state index contributed by atoms with van der Waals surface area (Å²) in [6, 6.07) is 44.6. The summed E-state index contributed by atoms with van der Waals surface area (Å²) in [5, 5.41) is 7.11. The largest absolute Gasteiger partial charge is 0.387 e. The molecule has 0 unspecified atom stereocenters. The number of fused-ring (bicyclic) bond motifs is 4. The van der Waals surface area contributed by atoms with Crippen LogP contribution in [0, 0.1) is 0 Å². The molecule has 3 aromatic heterocycles. The molecule has 4 nitrogen and oxygen atoms in total. The van der Waals surface area contributed by atoms with E-state index < -0.39 is 0 Å². The van der Waals surface area contributed by atoms with Gasteiger partial charge >= 0.3 is 0 Å². The lowest BCUT2D eigenvalue weighted by atomic mass is 9.97. The standard InChI is InChI=1S/C37H26N4/c1-2-10-28-25(8-1)9-5-12-29(28)26-18-20-27(21-19-26)32-13-6-14-33(39-32)34-15-7-17-37(40-34)41-35-16-4-3-11-30(35)31-24-38-23-22-36(31)41/h1-23,38H,24H2. The molecule has 0 saturated carbocycles. The molecule has 1 aliphatic rings. The van der Waals surface area contributed by atoms with E-state index in [0.29, 0.717) is 0 Å². The average Bonchev–Trinajstić information content (AvgIpc) is 3.39. The van der Waals surface area contributed by atoms with Gasteiger partial charge in [-0.15, -0.1) is 0 Å². The Balaban J connectivity index is 1.16. The zero-order chi connectivity index (χ0) is 27.2. The fraction of sp³-hybridized carbons (Fsp3) is 0.0270. The van der Waals surface area contributed by atoms with E-state index in [1.807, 2.05) is 18.3 Å². The van der Waals surface area contributed by atoms with Gasteiger partial charge in [-0.3, -0.25) is 4.57 Å². The van der Waals surface area contributed by atoms with Crippen LogP contribution in [0.2, 0.25) is 0 Å². The number of aromatic nitrogens is 3. The summed E-state index contributed by atoms with van der Waals surface area (Å²) in [4.78, 5) is 10.1. The van der Waals surface area contributed by atoms with Crippen molar-refractivity contribution >= 4 is 27.8 Å². The molecule has 0 aliphatic carbocycles. The maximum atomic E-state index is 5.11. The molecule has 41 heavy (non-hydrogen) atoms. The van der Waals surface area contributed by atoms with Crippen molar-refractivity contribution in [2.75, 3.05) is 0 Å². The summed E-state index contributed by atoms with van der Waals surface area (Å²) in [7, 11) is 0. The third kappa shape index (κ3) is 4.00. The molecule has 4 aromatic carbocycles. The highest BCUT2D eigenvalue weighted by atomic mass is 15.1. The Morgan fingerprint density at radius 3 is 2.15 bits per heavy atom. The second kappa shape index (κ2) is 9.61. The van der Waals surface area contributed by atoms with Crippen LogP contribution in [-0.4, -0.2) is 14.5 Å². The van der Waals surface area contributed by atoms with Crippen LogP contribution in [0.15, 0.2) is 134 Å². The first-order valence-corrected chi connectivity index (χ1v) is 13.9. The van der Waals surface area contributed by atoms with Gasteiger partial charge in [-0.1, -0.05) is 97.1 Å². The van der Waals surface area contributed by atoms with Crippen molar-refractivity contribution in [1.29, 1.82) is 0 Å². The van der Waals surface area contributed by atoms with E-state index in [1.54, 1.807) is 0 Å². The van der Waals surface area contributed by atoms with Gasteiger partial charge in [0.15, 0.2) is 0 Å². The number of nitrogens with zero attached hydrogens (tertiary/aromatic N) is 3. The number of hydrogen-bond acceptors (Lipinski definition) is 3. The van der Waals surface area contributed by atoms with Gasteiger partial charge in [-0.25, -0.2) is 9.97 Å². The predicted molar refractivity (Wildman–Crippen MR) is 169 cm³/mol. The van der Waals surface area contributed by atoms with Crippen LogP contribution in [0.4, 0.5) is 0 Å². The minimum absolute atomic E-state index is 0.807. The molecule has 1 aliphatic heterocycles. The van der Waals surface area contributed by atoms with Gasteiger partial charge in [0.05, 0.1) is 28.3 Å². The van der Waals surface area contributed by atoms with E-state index in [4.69, 9.17) is 9.97 Å². The molecule has 0 radical (unpaired) electrons. The Bertz CT molecular complexity index is 2100. The number of nitrogens with one attached hydrogen (secondary N) is 1. The van der Waals surface area contributed by atoms with E-state index in [0.717, 1.165) is 40.5 Å². The molecule has 4 heteroatoms. The van der Waals surface area contributed by atoms with Gasteiger partial charge in [0, 0.05) is 23.1 Å². The van der Waals surface area contributed by atoms with Gasteiger partial charge in [0.25, 0.3) is 0 Å². The van der Waals surface area contributed by atoms with Crippen molar-refractivity contribution in [1.82, 2.24) is 19.9 Å². The van der Waals surface area contributed by atoms with Gasteiger partial charge < -0.3 is 5.32 Å². The second-order valence-electron chi connectivity index (χ2n) is 10.3. The van der Waals surface area contributed by atoms with Crippen LogP contribution >= 0.6 is 0 Å². The maximum absolute atomic E-state index is 5.11. The van der Waals surface area contributed by atoms with Gasteiger partial charge in [-0.05, 0) is 64.5 Å². The zero-order valence-electron chi connectivity index (χ0n) is 22.3. The molecular formula is C37H26N4.